The third-order valence-electron chi connectivity index (χ3n) is 5.05. The van der Waals surface area contributed by atoms with Gasteiger partial charge in [0.05, 0.1) is 6.54 Å². The number of benzene rings is 2. The largest absolute Gasteiger partial charge is 0.355 e. The van der Waals surface area contributed by atoms with Crippen LogP contribution in [0.25, 0.3) is 0 Å². The molecule has 0 unspecified atom stereocenters. The zero-order chi connectivity index (χ0) is 19.2. The highest BCUT2D eigenvalue weighted by molar-refractivity contribution is 6.04. The second-order valence-corrected chi connectivity index (χ2v) is 7.04. The van der Waals surface area contributed by atoms with Gasteiger partial charge in [-0.3, -0.25) is 4.79 Å². The summed E-state index contributed by atoms with van der Waals surface area (Å²) in [6, 6.07) is 23.4. The topological polar surface area (TPSA) is 49.3 Å². The van der Waals surface area contributed by atoms with Crippen molar-refractivity contribution in [1.82, 2.24) is 10.2 Å². The lowest BCUT2D eigenvalue weighted by atomic mass is 10.1. The second-order valence-electron chi connectivity index (χ2n) is 7.04. The van der Waals surface area contributed by atoms with E-state index in [4.69, 9.17) is 0 Å². The minimum atomic E-state index is -0.146. The van der Waals surface area contributed by atoms with Gasteiger partial charge in [-0.1, -0.05) is 48.5 Å². The van der Waals surface area contributed by atoms with Crippen LogP contribution in [0.15, 0.2) is 72.8 Å². The number of piperidine rings is 1. The Bertz CT molecular complexity index is 891. The maximum atomic E-state index is 13.2. The van der Waals surface area contributed by atoms with Crippen molar-refractivity contribution < 1.29 is 4.79 Å². The average molecular weight is 372 g/mol. The van der Waals surface area contributed by atoms with Crippen molar-refractivity contribution in [3.05, 3.63) is 84.1 Å². The van der Waals surface area contributed by atoms with Crippen molar-refractivity contribution in [3.63, 3.8) is 0 Å². The maximum Gasteiger partial charge on any atom is 0.279 e. The van der Waals surface area contributed by atoms with Crippen molar-refractivity contribution in [1.29, 1.82) is 0 Å². The molecule has 28 heavy (non-hydrogen) atoms. The van der Waals surface area contributed by atoms with Gasteiger partial charge in [-0.15, -0.1) is 10.2 Å². The fourth-order valence-corrected chi connectivity index (χ4v) is 3.52. The smallest absolute Gasteiger partial charge is 0.279 e. The van der Waals surface area contributed by atoms with Gasteiger partial charge in [-0.2, -0.15) is 0 Å². The van der Waals surface area contributed by atoms with Crippen LogP contribution in [0.2, 0.25) is 0 Å². The van der Waals surface area contributed by atoms with Crippen LogP contribution in [-0.4, -0.2) is 29.2 Å². The number of nitrogens with zero attached hydrogens (tertiary/aromatic N) is 4. The molecule has 1 aromatic heterocycles. The molecule has 5 nitrogen and oxygen atoms in total. The predicted molar refractivity (Wildman–Crippen MR) is 111 cm³/mol. The number of hydrogen-bond donors (Lipinski definition) is 0. The number of para-hydroxylation sites is 1. The fraction of sp³-hybridized carbons (Fsp3) is 0.261. The van der Waals surface area contributed by atoms with Gasteiger partial charge in [0.25, 0.3) is 5.91 Å². The highest BCUT2D eigenvalue weighted by atomic mass is 16.2. The number of carbonyl (C=O) groups is 1. The molecule has 0 aliphatic carbocycles. The number of hydrogen-bond acceptors (Lipinski definition) is 4. The number of rotatable bonds is 5. The molecule has 0 N–H and O–H groups in total. The molecule has 2 heterocycles. The van der Waals surface area contributed by atoms with E-state index in [0.29, 0.717) is 12.2 Å². The Kier molecular flexibility index (Phi) is 5.61. The van der Waals surface area contributed by atoms with Crippen LogP contribution in [0.5, 0.6) is 0 Å². The van der Waals surface area contributed by atoms with Crippen molar-refractivity contribution in [3.8, 4) is 0 Å². The van der Waals surface area contributed by atoms with E-state index in [2.05, 4.69) is 15.1 Å². The Labute approximate surface area is 165 Å². The van der Waals surface area contributed by atoms with E-state index in [1.165, 1.54) is 19.3 Å². The SMILES string of the molecule is O=C(c1ccc(N2CCCCC2)nn1)N(Cc1ccccc1)c1ccccc1. The Morgan fingerprint density at radius 1 is 0.821 bits per heavy atom. The molecule has 0 saturated carbocycles. The lowest BCUT2D eigenvalue weighted by molar-refractivity contribution is 0.0979. The predicted octanol–water partition coefficient (Wildman–Crippen LogP) is 4.31. The van der Waals surface area contributed by atoms with Crippen LogP contribution in [0, 0.1) is 0 Å². The van der Waals surface area contributed by atoms with Gasteiger partial charge in [0.2, 0.25) is 0 Å². The molecule has 0 radical (unpaired) electrons. The summed E-state index contributed by atoms with van der Waals surface area (Å²) in [6.45, 7) is 2.50. The summed E-state index contributed by atoms with van der Waals surface area (Å²) in [7, 11) is 0. The number of aromatic nitrogens is 2. The Balaban J connectivity index is 1.58. The van der Waals surface area contributed by atoms with Gasteiger partial charge in [-0.25, -0.2) is 0 Å². The van der Waals surface area contributed by atoms with Gasteiger partial charge in [0.15, 0.2) is 11.5 Å². The Morgan fingerprint density at radius 2 is 1.50 bits per heavy atom. The van der Waals surface area contributed by atoms with Crippen LogP contribution in [0.3, 0.4) is 0 Å². The van der Waals surface area contributed by atoms with E-state index in [1.807, 2.05) is 66.7 Å². The molecule has 142 valence electrons. The highest BCUT2D eigenvalue weighted by Crippen LogP contribution is 2.21. The first-order chi connectivity index (χ1) is 13.8. The summed E-state index contributed by atoms with van der Waals surface area (Å²) in [4.78, 5) is 17.2. The molecule has 0 bridgehead atoms. The lowest BCUT2D eigenvalue weighted by Crippen LogP contribution is -2.32. The van der Waals surface area contributed by atoms with Crippen LogP contribution in [-0.2, 0) is 6.54 Å². The number of anilines is 2. The third kappa shape index (κ3) is 4.19. The standard InChI is InChI=1S/C23H24N4O/c28-23(21-14-15-22(25-24-21)26-16-8-3-9-17-26)27(20-12-6-2-7-13-20)18-19-10-4-1-5-11-19/h1-2,4-7,10-15H,3,8-9,16-18H2. The first-order valence-electron chi connectivity index (χ1n) is 9.81. The van der Waals surface area contributed by atoms with Crippen molar-refractivity contribution in [2.45, 2.75) is 25.8 Å². The fourth-order valence-electron chi connectivity index (χ4n) is 3.52. The summed E-state index contributed by atoms with van der Waals surface area (Å²) in [5.41, 5.74) is 2.27. The van der Waals surface area contributed by atoms with Crippen LogP contribution in [0.1, 0.15) is 35.3 Å². The van der Waals surface area contributed by atoms with E-state index >= 15 is 0 Å². The van der Waals surface area contributed by atoms with E-state index in [1.54, 1.807) is 11.0 Å². The summed E-state index contributed by atoms with van der Waals surface area (Å²) in [6.07, 6.45) is 3.63. The zero-order valence-electron chi connectivity index (χ0n) is 15.9. The molecular formula is C23H24N4O. The maximum absolute atomic E-state index is 13.2. The highest BCUT2D eigenvalue weighted by Gasteiger charge is 2.21. The molecule has 1 aliphatic rings. The summed E-state index contributed by atoms with van der Waals surface area (Å²) in [5, 5.41) is 8.59. The molecule has 5 heteroatoms. The van der Waals surface area contributed by atoms with Gasteiger partial charge < -0.3 is 9.80 Å². The van der Waals surface area contributed by atoms with Crippen LogP contribution >= 0.6 is 0 Å². The Morgan fingerprint density at radius 3 is 2.14 bits per heavy atom. The molecule has 1 saturated heterocycles. The number of carbonyl (C=O) groups excluding carboxylic acids is 1. The minimum Gasteiger partial charge on any atom is -0.355 e. The van der Waals surface area contributed by atoms with Crippen LogP contribution < -0.4 is 9.80 Å². The van der Waals surface area contributed by atoms with E-state index in [0.717, 1.165) is 30.2 Å². The zero-order valence-corrected chi connectivity index (χ0v) is 15.9. The molecule has 3 aromatic rings. The molecule has 0 atom stereocenters. The Hall–Kier alpha value is -3.21. The molecule has 0 spiro atoms. The molecular weight excluding hydrogens is 348 g/mol. The molecule has 4 rings (SSSR count). The quantitative estimate of drug-likeness (QED) is 0.669. The minimum absolute atomic E-state index is 0.146. The van der Waals surface area contributed by atoms with Crippen molar-refractivity contribution in [2.24, 2.45) is 0 Å². The van der Waals surface area contributed by atoms with Crippen molar-refractivity contribution >= 4 is 17.4 Å². The first kappa shape index (κ1) is 18.2. The van der Waals surface area contributed by atoms with E-state index in [-0.39, 0.29) is 5.91 Å². The van der Waals surface area contributed by atoms with Crippen LogP contribution in [0.4, 0.5) is 11.5 Å². The molecule has 1 fully saturated rings. The summed E-state index contributed by atoms with van der Waals surface area (Å²) >= 11 is 0. The molecule has 1 amide bonds. The van der Waals surface area contributed by atoms with E-state index in [9.17, 15) is 4.79 Å². The molecule has 2 aromatic carbocycles. The number of amides is 1. The van der Waals surface area contributed by atoms with Gasteiger partial charge in [0.1, 0.15) is 0 Å². The normalized spacial score (nSPS) is 13.9. The monoisotopic (exact) mass is 372 g/mol. The lowest BCUT2D eigenvalue weighted by Gasteiger charge is -2.27. The summed E-state index contributed by atoms with van der Waals surface area (Å²) < 4.78 is 0. The van der Waals surface area contributed by atoms with Gasteiger partial charge in [-0.05, 0) is 49.1 Å². The van der Waals surface area contributed by atoms with Gasteiger partial charge >= 0.3 is 0 Å². The first-order valence-corrected chi connectivity index (χ1v) is 9.81. The van der Waals surface area contributed by atoms with Gasteiger partial charge in [0, 0.05) is 18.8 Å². The third-order valence-corrected chi connectivity index (χ3v) is 5.05. The summed E-state index contributed by atoms with van der Waals surface area (Å²) in [5.74, 6) is 0.707. The molecule has 1 aliphatic heterocycles. The van der Waals surface area contributed by atoms with Crippen molar-refractivity contribution in [2.75, 3.05) is 22.9 Å². The van der Waals surface area contributed by atoms with E-state index < -0.39 is 0 Å². The average Bonchev–Trinajstić information content (AvgIpc) is 2.79. The second kappa shape index (κ2) is 8.65.